The number of urea groups is 1. The van der Waals surface area contributed by atoms with Gasteiger partial charge in [0, 0.05) is 37.3 Å². The molecule has 1 atom stereocenters. The van der Waals surface area contributed by atoms with Crippen molar-refractivity contribution in [3.63, 3.8) is 0 Å². The second-order valence-electron chi connectivity index (χ2n) is 6.65. The first-order valence-corrected chi connectivity index (χ1v) is 8.98. The van der Waals surface area contributed by atoms with E-state index in [9.17, 15) is 18.0 Å². The highest BCUT2D eigenvalue weighted by molar-refractivity contribution is 5.99. The predicted octanol–water partition coefficient (Wildman–Crippen LogP) is 4.96. The van der Waals surface area contributed by atoms with Gasteiger partial charge in [-0.1, -0.05) is 0 Å². The van der Waals surface area contributed by atoms with E-state index in [2.05, 4.69) is 15.5 Å². The Morgan fingerprint density at radius 2 is 1.61 bits per heavy atom. The highest BCUT2D eigenvalue weighted by Gasteiger charge is 2.30. The summed E-state index contributed by atoms with van der Waals surface area (Å²) in [6.07, 6.45) is -2.06. The van der Waals surface area contributed by atoms with E-state index < -0.39 is 17.8 Å². The Bertz CT molecular complexity index is 792. The van der Waals surface area contributed by atoms with E-state index in [0.29, 0.717) is 5.69 Å². The van der Waals surface area contributed by atoms with Gasteiger partial charge in [0.2, 0.25) is 0 Å². The van der Waals surface area contributed by atoms with Crippen LogP contribution in [0.3, 0.4) is 0 Å². The summed E-state index contributed by atoms with van der Waals surface area (Å²) < 4.78 is 43.1. The molecule has 1 aliphatic rings. The van der Waals surface area contributed by atoms with Crippen molar-refractivity contribution in [2.24, 2.45) is 0 Å². The van der Waals surface area contributed by atoms with E-state index in [1.807, 2.05) is 12.1 Å². The molecule has 2 aromatic rings. The lowest BCUT2D eigenvalue weighted by Crippen LogP contribution is -2.39. The van der Waals surface area contributed by atoms with Crippen LogP contribution in [0.4, 0.5) is 35.0 Å². The molecule has 1 unspecified atom stereocenters. The molecular formula is C20H22F3N3O2. The molecule has 0 radical (unpaired) electrons. The average molecular weight is 393 g/mol. The molecule has 1 saturated heterocycles. The molecule has 2 N–H and O–H groups in total. The maximum atomic E-state index is 12.6. The Labute approximate surface area is 161 Å². The van der Waals surface area contributed by atoms with Crippen molar-refractivity contribution in [3.8, 4) is 0 Å². The van der Waals surface area contributed by atoms with Gasteiger partial charge in [-0.25, -0.2) is 4.79 Å². The zero-order valence-corrected chi connectivity index (χ0v) is 15.4. The minimum Gasteiger partial charge on any atom is -0.380 e. The van der Waals surface area contributed by atoms with Crippen LogP contribution in [0.25, 0.3) is 0 Å². The van der Waals surface area contributed by atoms with E-state index in [-0.39, 0.29) is 11.8 Å². The standard InChI is InChI=1S/C20H22F3N3O2/c1-28-18-3-2-12-26(13-18)17-10-8-16(9-11-17)25-19(27)24-15-6-4-14(5-7-15)20(21,22)23/h4-11,18H,2-3,12-13H2,1H3,(H2,24,25,27). The predicted molar refractivity (Wildman–Crippen MR) is 103 cm³/mol. The topological polar surface area (TPSA) is 53.6 Å². The summed E-state index contributed by atoms with van der Waals surface area (Å²) >= 11 is 0. The molecule has 1 fully saturated rings. The molecule has 0 aromatic heterocycles. The van der Waals surface area contributed by atoms with E-state index in [1.165, 1.54) is 12.1 Å². The number of carbonyl (C=O) groups is 1. The Kier molecular flexibility index (Phi) is 6.08. The minimum atomic E-state index is -4.40. The largest absolute Gasteiger partial charge is 0.416 e. The molecule has 8 heteroatoms. The first-order valence-electron chi connectivity index (χ1n) is 8.98. The number of alkyl halides is 3. The fourth-order valence-corrected chi connectivity index (χ4v) is 3.16. The van der Waals surface area contributed by atoms with Gasteiger partial charge in [-0.05, 0) is 61.4 Å². The Morgan fingerprint density at radius 3 is 2.14 bits per heavy atom. The normalized spacial score (nSPS) is 17.3. The van der Waals surface area contributed by atoms with Crippen LogP contribution in [0.1, 0.15) is 18.4 Å². The zero-order valence-electron chi connectivity index (χ0n) is 15.4. The van der Waals surface area contributed by atoms with E-state index in [4.69, 9.17) is 4.74 Å². The fourth-order valence-electron chi connectivity index (χ4n) is 3.16. The number of amides is 2. The van der Waals surface area contributed by atoms with Gasteiger partial charge < -0.3 is 20.3 Å². The first-order chi connectivity index (χ1) is 13.3. The number of halogens is 3. The maximum absolute atomic E-state index is 12.6. The average Bonchev–Trinajstić information content (AvgIpc) is 2.68. The summed E-state index contributed by atoms with van der Waals surface area (Å²) in [7, 11) is 1.72. The number of nitrogens with zero attached hydrogens (tertiary/aromatic N) is 1. The van der Waals surface area contributed by atoms with Crippen LogP contribution < -0.4 is 15.5 Å². The van der Waals surface area contributed by atoms with Crippen LogP contribution >= 0.6 is 0 Å². The Balaban J connectivity index is 1.55. The van der Waals surface area contributed by atoms with Crippen LogP contribution in [0.2, 0.25) is 0 Å². The van der Waals surface area contributed by atoms with Crippen molar-refractivity contribution in [1.29, 1.82) is 0 Å². The number of ether oxygens (including phenoxy) is 1. The van der Waals surface area contributed by atoms with Crippen molar-refractivity contribution in [3.05, 3.63) is 54.1 Å². The SMILES string of the molecule is COC1CCCN(c2ccc(NC(=O)Nc3ccc(C(F)(F)F)cc3)cc2)C1. The Hall–Kier alpha value is -2.74. The molecule has 2 aromatic carbocycles. The van der Waals surface area contributed by atoms with Gasteiger partial charge in [-0.2, -0.15) is 13.2 Å². The summed E-state index contributed by atoms with van der Waals surface area (Å²) in [6.45, 7) is 1.79. The summed E-state index contributed by atoms with van der Waals surface area (Å²) in [4.78, 5) is 14.3. The molecule has 0 saturated carbocycles. The van der Waals surface area contributed by atoms with Crippen molar-refractivity contribution in [1.82, 2.24) is 0 Å². The minimum absolute atomic E-state index is 0.223. The highest BCUT2D eigenvalue weighted by Crippen LogP contribution is 2.30. The number of benzene rings is 2. The smallest absolute Gasteiger partial charge is 0.380 e. The lowest BCUT2D eigenvalue weighted by Gasteiger charge is -2.33. The van der Waals surface area contributed by atoms with Crippen LogP contribution in [0, 0.1) is 0 Å². The number of methoxy groups -OCH3 is 1. The van der Waals surface area contributed by atoms with Crippen LogP contribution in [-0.4, -0.2) is 32.3 Å². The number of anilines is 3. The van der Waals surface area contributed by atoms with Gasteiger partial charge in [0.05, 0.1) is 11.7 Å². The molecule has 150 valence electrons. The van der Waals surface area contributed by atoms with Crippen LogP contribution in [0.5, 0.6) is 0 Å². The number of piperidine rings is 1. The summed E-state index contributed by atoms with van der Waals surface area (Å²) in [5.74, 6) is 0. The summed E-state index contributed by atoms with van der Waals surface area (Å²) in [5, 5.41) is 5.19. The number of hydrogen-bond acceptors (Lipinski definition) is 3. The van der Waals surface area contributed by atoms with Crippen molar-refractivity contribution >= 4 is 23.1 Å². The molecule has 0 aliphatic carbocycles. The maximum Gasteiger partial charge on any atom is 0.416 e. The summed E-state index contributed by atoms with van der Waals surface area (Å²) in [6, 6.07) is 11.2. The lowest BCUT2D eigenvalue weighted by molar-refractivity contribution is -0.137. The van der Waals surface area contributed by atoms with E-state index in [1.54, 1.807) is 19.2 Å². The van der Waals surface area contributed by atoms with Crippen molar-refractivity contribution in [2.45, 2.75) is 25.1 Å². The first kappa shape index (κ1) is 20.0. The van der Waals surface area contributed by atoms with Gasteiger partial charge in [0.1, 0.15) is 0 Å². The van der Waals surface area contributed by atoms with E-state index >= 15 is 0 Å². The summed E-state index contributed by atoms with van der Waals surface area (Å²) in [5.41, 5.74) is 1.16. The molecule has 3 rings (SSSR count). The molecule has 1 aliphatic heterocycles. The second kappa shape index (κ2) is 8.52. The molecular weight excluding hydrogens is 371 g/mol. The van der Waals surface area contributed by atoms with Gasteiger partial charge >= 0.3 is 12.2 Å². The fraction of sp³-hybridized carbons (Fsp3) is 0.350. The van der Waals surface area contributed by atoms with Gasteiger partial charge in [-0.3, -0.25) is 0 Å². The third kappa shape index (κ3) is 5.16. The van der Waals surface area contributed by atoms with Crippen molar-refractivity contribution in [2.75, 3.05) is 35.7 Å². The van der Waals surface area contributed by atoms with Gasteiger partial charge in [0.15, 0.2) is 0 Å². The monoisotopic (exact) mass is 393 g/mol. The Morgan fingerprint density at radius 1 is 1.04 bits per heavy atom. The number of carbonyl (C=O) groups excluding carboxylic acids is 1. The quantitative estimate of drug-likeness (QED) is 0.772. The lowest BCUT2D eigenvalue weighted by atomic mass is 10.1. The van der Waals surface area contributed by atoms with Gasteiger partial charge in [0.25, 0.3) is 0 Å². The van der Waals surface area contributed by atoms with E-state index in [0.717, 1.165) is 43.8 Å². The van der Waals surface area contributed by atoms with Gasteiger partial charge in [-0.15, -0.1) is 0 Å². The molecule has 2 amide bonds. The third-order valence-electron chi connectivity index (χ3n) is 4.67. The molecule has 1 heterocycles. The number of nitrogens with one attached hydrogen (secondary N) is 2. The van der Waals surface area contributed by atoms with Crippen molar-refractivity contribution < 1.29 is 22.7 Å². The van der Waals surface area contributed by atoms with Crippen LogP contribution in [-0.2, 0) is 10.9 Å². The second-order valence-corrected chi connectivity index (χ2v) is 6.65. The number of hydrogen-bond donors (Lipinski definition) is 2. The van der Waals surface area contributed by atoms with Crippen LogP contribution in [0.15, 0.2) is 48.5 Å². The number of rotatable bonds is 4. The highest BCUT2D eigenvalue weighted by atomic mass is 19.4. The third-order valence-corrected chi connectivity index (χ3v) is 4.67. The molecule has 5 nitrogen and oxygen atoms in total. The molecule has 28 heavy (non-hydrogen) atoms. The zero-order chi connectivity index (χ0) is 20.1. The molecule has 0 spiro atoms. The molecule has 0 bridgehead atoms.